The lowest BCUT2D eigenvalue weighted by molar-refractivity contribution is 0.732. The lowest BCUT2D eigenvalue weighted by atomic mass is 9.85. The molecule has 1 heteroatoms. The van der Waals surface area contributed by atoms with Gasteiger partial charge in [0.2, 0.25) is 0 Å². The Hall–Kier alpha value is -1.11. The molecule has 0 radical (unpaired) electrons. The molecule has 0 bridgehead atoms. The van der Waals surface area contributed by atoms with Crippen LogP contribution in [0.4, 0.5) is 0 Å². The minimum Gasteiger partial charge on any atom is -0.300 e. The van der Waals surface area contributed by atoms with Gasteiger partial charge in [0.15, 0.2) is 0 Å². The van der Waals surface area contributed by atoms with E-state index < -0.39 is 0 Å². The van der Waals surface area contributed by atoms with Gasteiger partial charge >= 0.3 is 0 Å². The first-order chi connectivity index (χ1) is 6.06. The van der Waals surface area contributed by atoms with Gasteiger partial charge in [0, 0.05) is 18.7 Å². The monoisotopic (exact) mass is 175 g/mol. The molecule has 1 aromatic carbocycles. The Balaban J connectivity index is 3.07. The van der Waals surface area contributed by atoms with Crippen LogP contribution in [0.5, 0.6) is 0 Å². The smallest absolute Gasteiger partial charge is 0.0273 e. The summed E-state index contributed by atoms with van der Waals surface area (Å²) < 4.78 is 0. The summed E-state index contributed by atoms with van der Waals surface area (Å²) >= 11 is 0. The van der Waals surface area contributed by atoms with E-state index in [9.17, 15) is 0 Å². The molecule has 0 N–H and O–H groups in total. The Bertz CT molecular complexity index is 311. The molecular weight excluding hydrogens is 158 g/mol. The van der Waals surface area contributed by atoms with Crippen LogP contribution in [-0.4, -0.2) is 13.3 Å². The maximum absolute atomic E-state index is 4.09. The van der Waals surface area contributed by atoms with E-state index in [2.05, 4.69) is 50.0 Å². The van der Waals surface area contributed by atoms with Crippen LogP contribution in [0.2, 0.25) is 0 Å². The first-order valence-electron chi connectivity index (χ1n) is 4.57. The minimum atomic E-state index is 0.0424. The summed E-state index contributed by atoms with van der Waals surface area (Å²) in [6.07, 6.45) is 1.99. The molecule has 0 aromatic heterocycles. The van der Waals surface area contributed by atoms with Crippen molar-refractivity contribution in [1.29, 1.82) is 0 Å². The maximum atomic E-state index is 4.09. The van der Waals surface area contributed by atoms with E-state index in [0.717, 1.165) is 0 Å². The lowest BCUT2D eigenvalue weighted by Gasteiger charge is -2.20. The molecule has 0 unspecified atom stereocenters. The molecule has 0 aliphatic carbocycles. The van der Waals surface area contributed by atoms with Crippen LogP contribution in [0, 0.1) is 6.92 Å². The highest BCUT2D eigenvalue weighted by Gasteiger charge is 2.16. The molecule has 1 aromatic rings. The summed E-state index contributed by atoms with van der Waals surface area (Å²) in [4.78, 5) is 4.09. The summed E-state index contributed by atoms with van der Waals surface area (Å²) in [6, 6.07) is 8.56. The molecular formula is C12H17N. The number of benzene rings is 1. The van der Waals surface area contributed by atoms with Gasteiger partial charge in [-0.1, -0.05) is 43.7 Å². The third kappa shape index (κ3) is 2.41. The largest absolute Gasteiger partial charge is 0.300 e. The number of hydrogen-bond donors (Lipinski definition) is 0. The third-order valence-electron chi connectivity index (χ3n) is 2.21. The predicted octanol–water partition coefficient (Wildman–Crippen LogP) is 2.97. The molecule has 0 saturated carbocycles. The van der Waals surface area contributed by atoms with E-state index in [1.165, 1.54) is 11.1 Å². The highest BCUT2D eigenvalue weighted by atomic mass is 14.6. The zero-order chi connectivity index (χ0) is 9.90. The summed E-state index contributed by atoms with van der Waals surface area (Å²) in [6.45, 7) is 6.46. The van der Waals surface area contributed by atoms with Crippen molar-refractivity contribution in [1.82, 2.24) is 0 Å². The standard InChI is InChI=1S/C12H17N/c1-10-6-5-7-11(8-10)12(2,3)9-13-4/h5-9H,1-4H3. The molecule has 0 spiro atoms. The molecule has 70 valence electrons. The van der Waals surface area contributed by atoms with Crippen molar-refractivity contribution in [2.24, 2.45) is 4.99 Å². The number of nitrogens with zero attached hydrogens (tertiary/aromatic N) is 1. The molecule has 0 heterocycles. The van der Waals surface area contributed by atoms with Gasteiger partial charge in [-0.15, -0.1) is 0 Å². The van der Waals surface area contributed by atoms with Crippen LogP contribution in [0.15, 0.2) is 29.3 Å². The fourth-order valence-corrected chi connectivity index (χ4v) is 1.44. The first-order valence-corrected chi connectivity index (χ1v) is 4.57. The Kier molecular flexibility index (Phi) is 2.86. The summed E-state index contributed by atoms with van der Waals surface area (Å²) in [7, 11) is 1.82. The number of rotatable bonds is 2. The molecule has 0 aliphatic heterocycles. The van der Waals surface area contributed by atoms with Gasteiger partial charge in [0.05, 0.1) is 0 Å². The van der Waals surface area contributed by atoms with Crippen LogP contribution in [0.25, 0.3) is 0 Å². The SMILES string of the molecule is CN=CC(C)(C)c1cccc(C)c1. The fourth-order valence-electron chi connectivity index (χ4n) is 1.44. The van der Waals surface area contributed by atoms with Gasteiger partial charge < -0.3 is 0 Å². The topological polar surface area (TPSA) is 12.4 Å². The van der Waals surface area contributed by atoms with Gasteiger partial charge in [-0.05, 0) is 12.5 Å². The van der Waals surface area contributed by atoms with Crippen LogP contribution in [-0.2, 0) is 5.41 Å². The van der Waals surface area contributed by atoms with Gasteiger partial charge in [0.25, 0.3) is 0 Å². The van der Waals surface area contributed by atoms with E-state index in [4.69, 9.17) is 0 Å². The average Bonchev–Trinajstić information content (AvgIpc) is 2.04. The average molecular weight is 175 g/mol. The molecule has 0 aliphatic rings. The Morgan fingerprint density at radius 3 is 2.54 bits per heavy atom. The third-order valence-corrected chi connectivity index (χ3v) is 2.21. The summed E-state index contributed by atoms with van der Waals surface area (Å²) in [5.74, 6) is 0. The molecule has 1 nitrogen and oxygen atoms in total. The quantitative estimate of drug-likeness (QED) is 0.613. The first kappa shape index (κ1) is 9.97. The van der Waals surface area contributed by atoms with Crippen molar-refractivity contribution < 1.29 is 0 Å². The normalized spacial score (nSPS) is 12.3. The van der Waals surface area contributed by atoms with Crippen LogP contribution in [0.1, 0.15) is 25.0 Å². The van der Waals surface area contributed by atoms with Crippen LogP contribution < -0.4 is 0 Å². The number of aliphatic imine (C=N–C) groups is 1. The summed E-state index contributed by atoms with van der Waals surface area (Å²) in [5, 5.41) is 0. The highest BCUT2D eigenvalue weighted by molar-refractivity contribution is 5.72. The van der Waals surface area contributed by atoms with Gasteiger partial charge in [-0.3, -0.25) is 4.99 Å². The Labute approximate surface area is 80.5 Å². The van der Waals surface area contributed by atoms with Gasteiger partial charge in [-0.25, -0.2) is 0 Å². The second kappa shape index (κ2) is 3.73. The predicted molar refractivity (Wildman–Crippen MR) is 58.6 cm³/mol. The molecule has 0 saturated heterocycles. The minimum absolute atomic E-state index is 0.0424. The molecule has 0 atom stereocenters. The Morgan fingerprint density at radius 1 is 1.31 bits per heavy atom. The van der Waals surface area contributed by atoms with Crippen molar-refractivity contribution in [3.63, 3.8) is 0 Å². The van der Waals surface area contributed by atoms with E-state index in [0.29, 0.717) is 0 Å². The molecule has 13 heavy (non-hydrogen) atoms. The number of hydrogen-bond acceptors (Lipinski definition) is 1. The van der Waals surface area contributed by atoms with Crippen molar-refractivity contribution in [2.45, 2.75) is 26.2 Å². The lowest BCUT2D eigenvalue weighted by Crippen LogP contribution is -2.18. The van der Waals surface area contributed by atoms with E-state index in [1.54, 1.807) is 0 Å². The van der Waals surface area contributed by atoms with Crippen molar-refractivity contribution in [3.8, 4) is 0 Å². The van der Waals surface area contributed by atoms with Crippen LogP contribution in [0.3, 0.4) is 0 Å². The van der Waals surface area contributed by atoms with E-state index in [-0.39, 0.29) is 5.41 Å². The summed E-state index contributed by atoms with van der Waals surface area (Å²) in [5.41, 5.74) is 2.66. The van der Waals surface area contributed by atoms with Crippen LogP contribution >= 0.6 is 0 Å². The van der Waals surface area contributed by atoms with Crippen molar-refractivity contribution in [3.05, 3.63) is 35.4 Å². The number of aryl methyl sites for hydroxylation is 1. The maximum Gasteiger partial charge on any atom is 0.0273 e. The fraction of sp³-hybridized carbons (Fsp3) is 0.417. The second-order valence-electron chi connectivity index (χ2n) is 3.98. The van der Waals surface area contributed by atoms with Gasteiger partial charge in [-0.2, -0.15) is 0 Å². The van der Waals surface area contributed by atoms with Crippen molar-refractivity contribution >= 4 is 6.21 Å². The zero-order valence-corrected chi connectivity index (χ0v) is 8.83. The molecule has 0 amide bonds. The van der Waals surface area contributed by atoms with E-state index >= 15 is 0 Å². The molecule has 0 fully saturated rings. The second-order valence-corrected chi connectivity index (χ2v) is 3.98. The zero-order valence-electron chi connectivity index (χ0n) is 8.83. The van der Waals surface area contributed by atoms with Crippen molar-refractivity contribution in [2.75, 3.05) is 7.05 Å². The Morgan fingerprint density at radius 2 is 2.00 bits per heavy atom. The highest BCUT2D eigenvalue weighted by Crippen LogP contribution is 2.21. The van der Waals surface area contributed by atoms with E-state index in [1.807, 2.05) is 13.3 Å². The molecule has 1 rings (SSSR count). The van der Waals surface area contributed by atoms with Gasteiger partial charge in [0.1, 0.15) is 0 Å².